The lowest BCUT2D eigenvalue weighted by Gasteiger charge is -2.40. The fourth-order valence-electron chi connectivity index (χ4n) is 3.28. The molecule has 1 aromatic rings. The van der Waals surface area contributed by atoms with E-state index < -0.39 is 61.9 Å². The van der Waals surface area contributed by atoms with Gasteiger partial charge in [-0.3, -0.25) is 0 Å². The lowest BCUT2D eigenvalue weighted by molar-refractivity contribution is -0.307. The van der Waals surface area contributed by atoms with E-state index in [1.807, 2.05) is 36.4 Å². The van der Waals surface area contributed by atoms with Gasteiger partial charge in [0.2, 0.25) is 0 Å². The predicted molar refractivity (Wildman–Crippen MR) is 102 cm³/mol. The lowest BCUT2D eigenvalue weighted by Crippen LogP contribution is -2.59. The van der Waals surface area contributed by atoms with Gasteiger partial charge in [-0.1, -0.05) is 42.5 Å². The van der Waals surface area contributed by atoms with Crippen LogP contribution >= 0.6 is 0 Å². The molecule has 10 nitrogen and oxygen atoms in total. The first-order chi connectivity index (χ1) is 14.4. The molecule has 2 heterocycles. The Labute approximate surface area is 173 Å². The van der Waals surface area contributed by atoms with Crippen LogP contribution in [0.2, 0.25) is 0 Å². The van der Waals surface area contributed by atoms with Crippen molar-refractivity contribution in [1.29, 1.82) is 0 Å². The number of hydrogen-bond donors (Lipinski definition) is 6. The van der Waals surface area contributed by atoms with Crippen molar-refractivity contribution in [3.05, 3.63) is 42.0 Å². The van der Waals surface area contributed by atoms with Gasteiger partial charge in [0.15, 0.2) is 12.6 Å². The molecule has 6 N–H and O–H groups in total. The third-order valence-corrected chi connectivity index (χ3v) is 5.06. The first-order valence-electron chi connectivity index (χ1n) is 9.69. The van der Waals surface area contributed by atoms with E-state index in [0.717, 1.165) is 5.56 Å². The van der Waals surface area contributed by atoms with E-state index in [2.05, 4.69) is 0 Å². The molecular formula is C20H28O10. The molecule has 30 heavy (non-hydrogen) atoms. The zero-order valence-electron chi connectivity index (χ0n) is 16.2. The molecule has 2 saturated heterocycles. The Morgan fingerprint density at radius 2 is 1.37 bits per heavy atom. The van der Waals surface area contributed by atoms with Gasteiger partial charge in [-0.05, 0) is 5.56 Å². The Kier molecular flexibility index (Phi) is 8.31. The minimum Gasteiger partial charge on any atom is -0.394 e. The van der Waals surface area contributed by atoms with Crippen molar-refractivity contribution in [2.45, 2.75) is 55.3 Å². The Bertz CT molecular complexity index is 671. The molecule has 2 fully saturated rings. The molecule has 1 aromatic carbocycles. The highest BCUT2D eigenvalue weighted by Gasteiger charge is 2.47. The average Bonchev–Trinajstić information content (AvgIpc) is 3.04. The highest BCUT2D eigenvalue weighted by atomic mass is 16.7. The minimum atomic E-state index is -1.54. The summed E-state index contributed by atoms with van der Waals surface area (Å²) < 4.78 is 21.5. The summed E-state index contributed by atoms with van der Waals surface area (Å²) in [6.45, 7) is -0.739. The molecule has 9 atom stereocenters. The number of rotatable bonds is 8. The van der Waals surface area contributed by atoms with Crippen molar-refractivity contribution < 1.29 is 49.6 Å². The van der Waals surface area contributed by atoms with Crippen LogP contribution < -0.4 is 0 Å². The van der Waals surface area contributed by atoms with Crippen molar-refractivity contribution >= 4 is 6.08 Å². The fourth-order valence-corrected chi connectivity index (χ4v) is 3.28. The third-order valence-electron chi connectivity index (χ3n) is 5.06. The molecule has 168 valence electrons. The van der Waals surface area contributed by atoms with Crippen LogP contribution in [0.1, 0.15) is 5.56 Å². The van der Waals surface area contributed by atoms with E-state index in [1.54, 1.807) is 6.08 Å². The SMILES string of the molecule is OC[C@@H]1O[C@H](OC[C@H]2O[C@H](OCC=Cc3ccccc3)[C@H](O)[C@@H](O)[C@@H]2O)[C@H](O)[C@H]1O. The normalized spacial score (nSPS) is 39.6. The minimum absolute atomic E-state index is 0.0852. The van der Waals surface area contributed by atoms with Crippen molar-refractivity contribution in [2.75, 3.05) is 19.8 Å². The maximum atomic E-state index is 10.2. The second-order valence-electron chi connectivity index (χ2n) is 7.20. The second kappa shape index (κ2) is 10.7. The number of benzene rings is 1. The van der Waals surface area contributed by atoms with E-state index in [1.165, 1.54) is 0 Å². The zero-order chi connectivity index (χ0) is 21.7. The van der Waals surface area contributed by atoms with Crippen LogP contribution in [-0.2, 0) is 18.9 Å². The highest BCUT2D eigenvalue weighted by molar-refractivity contribution is 5.48. The number of aliphatic hydroxyl groups excluding tert-OH is 6. The maximum Gasteiger partial charge on any atom is 0.187 e. The molecule has 10 heteroatoms. The van der Waals surface area contributed by atoms with E-state index in [4.69, 9.17) is 24.1 Å². The summed E-state index contributed by atoms with van der Waals surface area (Å²) in [6, 6.07) is 9.50. The number of ether oxygens (including phenoxy) is 4. The van der Waals surface area contributed by atoms with E-state index in [0.29, 0.717) is 0 Å². The van der Waals surface area contributed by atoms with Crippen LogP contribution in [0.25, 0.3) is 6.08 Å². The van der Waals surface area contributed by atoms with Crippen molar-refractivity contribution in [2.24, 2.45) is 0 Å². The van der Waals surface area contributed by atoms with Gasteiger partial charge >= 0.3 is 0 Å². The van der Waals surface area contributed by atoms with Crippen LogP contribution in [-0.4, -0.2) is 106 Å². The maximum absolute atomic E-state index is 10.2. The van der Waals surface area contributed by atoms with Gasteiger partial charge < -0.3 is 49.6 Å². The number of hydrogen-bond acceptors (Lipinski definition) is 10. The highest BCUT2D eigenvalue weighted by Crippen LogP contribution is 2.26. The van der Waals surface area contributed by atoms with Crippen LogP contribution in [0, 0.1) is 0 Å². The second-order valence-corrected chi connectivity index (χ2v) is 7.20. The standard InChI is InChI=1S/C20H28O10/c21-9-12-14(22)17(25)20(29-12)28-10-13-15(23)16(24)18(26)19(30-13)27-8-4-7-11-5-2-1-3-6-11/h1-7,12-26H,8-10H2/t12-,13+,14-,15+,16-,17+,18+,19-,20-/m0/s1. The predicted octanol–water partition coefficient (Wildman–Crippen LogP) is -2.02. The summed E-state index contributed by atoms with van der Waals surface area (Å²) in [4.78, 5) is 0. The molecule has 0 unspecified atom stereocenters. The van der Waals surface area contributed by atoms with Gasteiger partial charge in [-0.2, -0.15) is 0 Å². The summed E-state index contributed by atoms with van der Waals surface area (Å²) in [6.07, 6.45) is -8.23. The third kappa shape index (κ3) is 5.42. The summed E-state index contributed by atoms with van der Waals surface area (Å²) in [5, 5.41) is 59.1. The Morgan fingerprint density at radius 3 is 2.03 bits per heavy atom. The Hall–Kier alpha value is -1.44. The monoisotopic (exact) mass is 428 g/mol. The van der Waals surface area contributed by atoms with Gasteiger partial charge in [0.05, 0.1) is 19.8 Å². The molecular weight excluding hydrogens is 400 g/mol. The van der Waals surface area contributed by atoms with Crippen LogP contribution in [0.5, 0.6) is 0 Å². The van der Waals surface area contributed by atoms with Crippen molar-refractivity contribution in [1.82, 2.24) is 0 Å². The molecule has 0 radical (unpaired) electrons. The topological polar surface area (TPSA) is 158 Å². The van der Waals surface area contributed by atoms with Gasteiger partial charge in [-0.25, -0.2) is 0 Å². The number of aliphatic hydroxyl groups is 6. The average molecular weight is 428 g/mol. The van der Waals surface area contributed by atoms with Gasteiger partial charge in [0.1, 0.15) is 42.7 Å². The Balaban J connectivity index is 1.52. The van der Waals surface area contributed by atoms with Gasteiger partial charge in [0.25, 0.3) is 0 Å². The van der Waals surface area contributed by atoms with Crippen LogP contribution in [0.4, 0.5) is 0 Å². The zero-order valence-corrected chi connectivity index (χ0v) is 16.2. The molecule has 0 bridgehead atoms. The molecule has 0 spiro atoms. The smallest absolute Gasteiger partial charge is 0.187 e. The lowest BCUT2D eigenvalue weighted by atomic mass is 9.99. The van der Waals surface area contributed by atoms with E-state index in [-0.39, 0.29) is 13.2 Å². The molecule has 0 amide bonds. The van der Waals surface area contributed by atoms with Gasteiger partial charge in [-0.15, -0.1) is 0 Å². The summed E-state index contributed by atoms with van der Waals surface area (Å²) in [7, 11) is 0. The summed E-state index contributed by atoms with van der Waals surface area (Å²) in [5.74, 6) is 0. The first-order valence-corrected chi connectivity index (χ1v) is 9.69. The van der Waals surface area contributed by atoms with Crippen molar-refractivity contribution in [3.63, 3.8) is 0 Å². The van der Waals surface area contributed by atoms with E-state index in [9.17, 15) is 25.5 Å². The summed E-state index contributed by atoms with van der Waals surface area (Å²) in [5.41, 5.74) is 0.964. The fraction of sp³-hybridized carbons (Fsp3) is 0.600. The Morgan fingerprint density at radius 1 is 0.767 bits per heavy atom. The molecule has 2 aliphatic heterocycles. The van der Waals surface area contributed by atoms with Crippen LogP contribution in [0.3, 0.4) is 0 Å². The van der Waals surface area contributed by atoms with Crippen molar-refractivity contribution in [3.8, 4) is 0 Å². The summed E-state index contributed by atoms with van der Waals surface area (Å²) >= 11 is 0. The van der Waals surface area contributed by atoms with Gasteiger partial charge in [0, 0.05) is 0 Å². The van der Waals surface area contributed by atoms with Crippen LogP contribution in [0.15, 0.2) is 36.4 Å². The largest absolute Gasteiger partial charge is 0.394 e. The molecule has 2 aliphatic rings. The molecule has 0 aliphatic carbocycles. The molecule has 0 aromatic heterocycles. The molecule has 0 saturated carbocycles. The quantitative estimate of drug-likeness (QED) is 0.273. The van der Waals surface area contributed by atoms with E-state index >= 15 is 0 Å². The molecule has 3 rings (SSSR count). The first kappa shape index (κ1) is 23.2.